The van der Waals surface area contributed by atoms with E-state index in [0.29, 0.717) is 5.69 Å². The smallest absolute Gasteiger partial charge is 0.125 e. The number of benzene rings is 1. The number of rotatable bonds is 2. The van der Waals surface area contributed by atoms with Crippen molar-refractivity contribution in [3.8, 4) is 0 Å². The Morgan fingerprint density at radius 2 is 2.17 bits per heavy atom. The third kappa shape index (κ3) is 1.74. The fourth-order valence-electron chi connectivity index (χ4n) is 1.10. The van der Waals surface area contributed by atoms with Crippen molar-refractivity contribution >= 4 is 5.69 Å². The van der Waals surface area contributed by atoms with Crippen LogP contribution in [-0.4, -0.2) is 0 Å². The molecular formula is C9H13FN2. The summed E-state index contributed by atoms with van der Waals surface area (Å²) in [5.41, 5.74) is 12.6. The van der Waals surface area contributed by atoms with Gasteiger partial charge in [0.15, 0.2) is 0 Å². The molecule has 1 rings (SSSR count). The van der Waals surface area contributed by atoms with E-state index in [0.717, 1.165) is 12.0 Å². The van der Waals surface area contributed by atoms with E-state index in [1.54, 1.807) is 6.07 Å². The van der Waals surface area contributed by atoms with Crippen molar-refractivity contribution in [2.24, 2.45) is 5.73 Å². The van der Waals surface area contributed by atoms with Crippen molar-refractivity contribution in [1.29, 1.82) is 0 Å². The third-order valence-corrected chi connectivity index (χ3v) is 1.89. The second kappa shape index (κ2) is 3.54. The molecule has 0 radical (unpaired) electrons. The number of nitrogens with two attached hydrogens (primary N) is 2. The Hall–Kier alpha value is -1.09. The van der Waals surface area contributed by atoms with Gasteiger partial charge in [-0.05, 0) is 24.1 Å². The predicted octanol–water partition coefficient (Wildman–Crippen LogP) is 1.82. The Morgan fingerprint density at radius 3 is 2.67 bits per heavy atom. The average Bonchev–Trinajstić information content (AvgIpc) is 2.03. The second-order valence-corrected chi connectivity index (χ2v) is 2.79. The van der Waals surface area contributed by atoms with Crippen LogP contribution in [0.25, 0.3) is 0 Å². The van der Waals surface area contributed by atoms with Crippen LogP contribution in [0.5, 0.6) is 0 Å². The summed E-state index contributed by atoms with van der Waals surface area (Å²) in [6.45, 7) is 1.97. The normalized spacial score (nSPS) is 12.9. The molecule has 4 N–H and O–H groups in total. The molecule has 66 valence electrons. The van der Waals surface area contributed by atoms with Crippen molar-refractivity contribution < 1.29 is 4.39 Å². The lowest BCUT2D eigenvalue weighted by atomic mass is 10.0. The highest BCUT2D eigenvalue weighted by Crippen LogP contribution is 2.21. The fraction of sp³-hybridized carbons (Fsp3) is 0.333. The first-order chi connectivity index (χ1) is 5.65. The molecule has 3 heteroatoms. The van der Waals surface area contributed by atoms with Crippen LogP contribution >= 0.6 is 0 Å². The minimum atomic E-state index is -0.320. The fourth-order valence-corrected chi connectivity index (χ4v) is 1.10. The lowest BCUT2D eigenvalue weighted by molar-refractivity contribution is 0.624. The summed E-state index contributed by atoms with van der Waals surface area (Å²) < 4.78 is 12.6. The Labute approximate surface area is 71.4 Å². The minimum Gasteiger partial charge on any atom is -0.398 e. The number of hydrogen-bond donors (Lipinski definition) is 2. The summed E-state index contributed by atoms with van der Waals surface area (Å²) in [6, 6.07) is 4.22. The quantitative estimate of drug-likeness (QED) is 0.662. The molecule has 0 spiro atoms. The van der Waals surface area contributed by atoms with Crippen LogP contribution < -0.4 is 11.5 Å². The van der Waals surface area contributed by atoms with Gasteiger partial charge in [0.1, 0.15) is 5.82 Å². The Morgan fingerprint density at radius 1 is 1.50 bits per heavy atom. The van der Waals surface area contributed by atoms with Crippen LogP contribution in [0.1, 0.15) is 24.9 Å². The molecule has 0 saturated heterocycles. The van der Waals surface area contributed by atoms with Gasteiger partial charge in [0.25, 0.3) is 0 Å². The molecule has 0 saturated carbocycles. The van der Waals surface area contributed by atoms with Crippen molar-refractivity contribution in [2.45, 2.75) is 19.4 Å². The maximum absolute atomic E-state index is 12.6. The molecule has 0 heterocycles. The van der Waals surface area contributed by atoms with Gasteiger partial charge in [-0.25, -0.2) is 4.39 Å². The topological polar surface area (TPSA) is 52.0 Å². The van der Waals surface area contributed by atoms with E-state index in [-0.39, 0.29) is 11.9 Å². The molecule has 0 bridgehead atoms. The van der Waals surface area contributed by atoms with E-state index in [4.69, 9.17) is 11.5 Å². The molecular weight excluding hydrogens is 155 g/mol. The monoisotopic (exact) mass is 168 g/mol. The Balaban J connectivity index is 3.01. The molecule has 2 nitrogen and oxygen atoms in total. The van der Waals surface area contributed by atoms with Crippen LogP contribution in [0.2, 0.25) is 0 Å². The molecule has 0 aliphatic carbocycles. The molecule has 0 fully saturated rings. The molecule has 1 aromatic carbocycles. The first-order valence-electron chi connectivity index (χ1n) is 3.95. The van der Waals surface area contributed by atoms with Crippen molar-refractivity contribution in [1.82, 2.24) is 0 Å². The molecule has 12 heavy (non-hydrogen) atoms. The lowest BCUT2D eigenvalue weighted by Gasteiger charge is -2.11. The van der Waals surface area contributed by atoms with E-state index in [2.05, 4.69) is 0 Å². The molecule has 1 aromatic rings. The van der Waals surface area contributed by atoms with E-state index < -0.39 is 0 Å². The highest BCUT2D eigenvalue weighted by Gasteiger charge is 2.07. The van der Waals surface area contributed by atoms with Gasteiger partial charge in [-0.15, -0.1) is 0 Å². The van der Waals surface area contributed by atoms with Gasteiger partial charge >= 0.3 is 0 Å². The predicted molar refractivity (Wildman–Crippen MR) is 48.0 cm³/mol. The molecule has 0 amide bonds. The Kier molecular flexibility index (Phi) is 2.65. The van der Waals surface area contributed by atoms with Gasteiger partial charge in [0.05, 0.1) is 0 Å². The first kappa shape index (κ1) is 9.00. The van der Waals surface area contributed by atoms with Gasteiger partial charge in [0, 0.05) is 11.7 Å². The molecule has 0 aliphatic rings. The van der Waals surface area contributed by atoms with E-state index in [9.17, 15) is 4.39 Å². The number of nitrogen functional groups attached to an aromatic ring is 1. The standard InChI is InChI=1S/C9H13FN2/c1-2-8(11)7-4-3-6(10)5-9(7)12/h3-5,8H,2,11-12H2,1H3/t8-/m0/s1. The maximum Gasteiger partial charge on any atom is 0.125 e. The summed E-state index contributed by atoms with van der Waals surface area (Å²) in [5.74, 6) is -0.320. The summed E-state index contributed by atoms with van der Waals surface area (Å²) in [5, 5.41) is 0. The summed E-state index contributed by atoms with van der Waals surface area (Å²) in [7, 11) is 0. The van der Waals surface area contributed by atoms with E-state index >= 15 is 0 Å². The van der Waals surface area contributed by atoms with Crippen LogP contribution in [0.3, 0.4) is 0 Å². The summed E-state index contributed by atoms with van der Waals surface area (Å²) in [4.78, 5) is 0. The van der Waals surface area contributed by atoms with Crippen molar-refractivity contribution in [3.63, 3.8) is 0 Å². The van der Waals surface area contributed by atoms with Crippen LogP contribution in [0, 0.1) is 5.82 Å². The molecule has 0 aromatic heterocycles. The molecule has 1 atom stereocenters. The molecule has 0 unspecified atom stereocenters. The van der Waals surface area contributed by atoms with Crippen LogP contribution in [0.4, 0.5) is 10.1 Å². The van der Waals surface area contributed by atoms with E-state index in [1.807, 2.05) is 6.92 Å². The first-order valence-corrected chi connectivity index (χ1v) is 3.95. The van der Waals surface area contributed by atoms with Gasteiger partial charge in [-0.2, -0.15) is 0 Å². The number of hydrogen-bond acceptors (Lipinski definition) is 2. The van der Waals surface area contributed by atoms with Crippen molar-refractivity contribution in [2.75, 3.05) is 5.73 Å². The SMILES string of the molecule is CC[C@H](N)c1ccc(F)cc1N. The minimum absolute atomic E-state index is 0.0920. The zero-order valence-corrected chi connectivity index (χ0v) is 7.05. The highest BCUT2D eigenvalue weighted by molar-refractivity contribution is 5.48. The van der Waals surface area contributed by atoms with E-state index in [1.165, 1.54) is 12.1 Å². The zero-order valence-electron chi connectivity index (χ0n) is 7.05. The molecule has 0 aliphatic heterocycles. The van der Waals surface area contributed by atoms with Gasteiger partial charge in [-0.3, -0.25) is 0 Å². The van der Waals surface area contributed by atoms with Crippen LogP contribution in [-0.2, 0) is 0 Å². The lowest BCUT2D eigenvalue weighted by Crippen LogP contribution is -2.11. The Bertz CT molecular complexity index is 273. The van der Waals surface area contributed by atoms with Gasteiger partial charge in [-0.1, -0.05) is 13.0 Å². The van der Waals surface area contributed by atoms with Gasteiger partial charge in [0.2, 0.25) is 0 Å². The third-order valence-electron chi connectivity index (χ3n) is 1.89. The largest absolute Gasteiger partial charge is 0.398 e. The zero-order chi connectivity index (χ0) is 9.14. The van der Waals surface area contributed by atoms with Crippen LogP contribution in [0.15, 0.2) is 18.2 Å². The maximum atomic E-state index is 12.6. The summed E-state index contributed by atoms with van der Waals surface area (Å²) in [6.07, 6.45) is 0.801. The number of anilines is 1. The van der Waals surface area contributed by atoms with Gasteiger partial charge < -0.3 is 11.5 Å². The highest BCUT2D eigenvalue weighted by atomic mass is 19.1. The second-order valence-electron chi connectivity index (χ2n) is 2.79. The number of halogens is 1. The van der Waals surface area contributed by atoms with Crippen molar-refractivity contribution in [3.05, 3.63) is 29.6 Å². The average molecular weight is 168 g/mol. The summed E-state index contributed by atoms with van der Waals surface area (Å²) >= 11 is 0.